The molecular weight excluding hydrogens is 424 g/mol. The van der Waals surface area contributed by atoms with Crippen molar-refractivity contribution < 1.29 is 16.8 Å². The van der Waals surface area contributed by atoms with E-state index in [4.69, 9.17) is 5.14 Å². The Hall–Kier alpha value is -1.59. The normalized spacial score (nSPS) is 13.8. The highest BCUT2D eigenvalue weighted by Crippen LogP contribution is 2.29. The molecule has 2 aromatic rings. The number of pyridine rings is 1. The number of nitrogens with zero attached hydrogens (tertiary/aromatic N) is 2. The molecule has 1 atom stereocenters. The molecule has 0 saturated carbocycles. The van der Waals surface area contributed by atoms with Gasteiger partial charge in [-0.05, 0) is 32.0 Å². The Balaban J connectivity index is 2.52. The molecule has 10 heteroatoms. The van der Waals surface area contributed by atoms with E-state index in [9.17, 15) is 16.8 Å². The number of rotatable bonds is 12. The molecule has 2 rings (SSSR count). The maximum atomic E-state index is 13.6. The second-order valence-corrected chi connectivity index (χ2v) is 10.8. The number of sulfonamides is 2. The molecule has 0 aliphatic carbocycles. The van der Waals surface area contributed by atoms with Crippen molar-refractivity contribution in [3.8, 4) is 0 Å². The van der Waals surface area contributed by atoms with Gasteiger partial charge in [-0.3, -0.25) is 0 Å². The van der Waals surface area contributed by atoms with Gasteiger partial charge in [0.15, 0.2) is 5.03 Å². The summed E-state index contributed by atoms with van der Waals surface area (Å²) in [7, 11) is -7.95. The second-order valence-electron chi connectivity index (χ2n) is 7.39. The summed E-state index contributed by atoms with van der Waals surface area (Å²) < 4.78 is 52.5. The Bertz CT molecular complexity index is 1060. The largest absolute Gasteiger partial charge is 0.313 e. The van der Waals surface area contributed by atoms with Crippen LogP contribution >= 0.6 is 0 Å². The van der Waals surface area contributed by atoms with Crippen molar-refractivity contribution in [1.82, 2.24) is 14.6 Å². The fraction of sp³-hybridized carbons (Fsp3) is 0.550. The maximum Gasteiger partial charge on any atom is 0.256 e. The first-order valence-corrected chi connectivity index (χ1v) is 13.3. The minimum absolute atomic E-state index is 0.0208. The summed E-state index contributed by atoms with van der Waals surface area (Å²) in [6, 6.07) is 6.04. The summed E-state index contributed by atoms with van der Waals surface area (Å²) in [5.41, 5.74) is 0. The predicted molar refractivity (Wildman–Crippen MR) is 119 cm³/mol. The van der Waals surface area contributed by atoms with Gasteiger partial charge in [-0.15, -0.1) is 0 Å². The molecule has 0 amide bonds. The van der Waals surface area contributed by atoms with Gasteiger partial charge in [0.2, 0.25) is 10.0 Å². The number of hydrogen-bond acceptors (Lipinski definition) is 6. The van der Waals surface area contributed by atoms with Crippen LogP contribution < -0.4 is 10.5 Å². The Morgan fingerprint density at radius 1 is 1.07 bits per heavy atom. The number of unbranched alkanes of at least 4 members (excludes halogenated alkanes) is 3. The Labute approximate surface area is 180 Å². The lowest BCUT2D eigenvalue weighted by Gasteiger charge is -2.26. The summed E-state index contributed by atoms with van der Waals surface area (Å²) >= 11 is 0. The zero-order valence-electron chi connectivity index (χ0n) is 17.8. The molecule has 0 bridgehead atoms. The number of nitrogens with one attached hydrogen (secondary N) is 1. The van der Waals surface area contributed by atoms with Gasteiger partial charge >= 0.3 is 0 Å². The zero-order valence-corrected chi connectivity index (χ0v) is 19.5. The van der Waals surface area contributed by atoms with Crippen LogP contribution in [0.1, 0.15) is 46.5 Å². The topological polar surface area (TPSA) is 122 Å². The summed E-state index contributed by atoms with van der Waals surface area (Å²) in [5.74, 6) is 0. The van der Waals surface area contributed by atoms with Crippen molar-refractivity contribution in [2.45, 2.75) is 62.4 Å². The van der Waals surface area contributed by atoms with Gasteiger partial charge in [0.05, 0.1) is 4.90 Å². The SMILES string of the molecule is CCCCCCN(CC(C)NCC)S(=O)(=O)c1cccc2c(S(N)(=O)=O)nccc12. The first-order valence-electron chi connectivity index (χ1n) is 10.3. The van der Waals surface area contributed by atoms with Crippen LogP contribution in [0.4, 0.5) is 0 Å². The van der Waals surface area contributed by atoms with E-state index in [1.807, 2.05) is 13.8 Å². The van der Waals surface area contributed by atoms with E-state index in [0.29, 0.717) is 18.5 Å². The fourth-order valence-electron chi connectivity index (χ4n) is 3.49. The lowest BCUT2D eigenvalue weighted by molar-refractivity contribution is 0.357. The van der Waals surface area contributed by atoms with Crippen LogP contribution in [-0.2, 0) is 20.0 Å². The summed E-state index contributed by atoms with van der Waals surface area (Å²) in [6.45, 7) is 7.50. The van der Waals surface area contributed by atoms with Gasteiger partial charge in [0.1, 0.15) is 0 Å². The van der Waals surface area contributed by atoms with E-state index in [2.05, 4.69) is 17.2 Å². The fourth-order valence-corrected chi connectivity index (χ4v) is 5.95. The first kappa shape index (κ1) is 24.7. The third-order valence-corrected chi connectivity index (χ3v) is 7.70. The van der Waals surface area contributed by atoms with Gasteiger partial charge < -0.3 is 5.32 Å². The standard InChI is InChI=1S/C20H32N4O4S2/c1-4-6-7-8-14-24(15-16(3)22-5-2)30(27,28)19-11-9-10-18-17(19)12-13-23-20(18)29(21,25)26/h9-13,16,22H,4-8,14-15H2,1-3H3,(H2,21,25,26). The number of aromatic nitrogens is 1. The molecule has 0 spiro atoms. The second kappa shape index (κ2) is 10.6. The van der Waals surface area contributed by atoms with Crippen molar-refractivity contribution >= 4 is 30.8 Å². The molecule has 1 unspecified atom stereocenters. The summed E-state index contributed by atoms with van der Waals surface area (Å²) in [4.78, 5) is 3.92. The molecule has 30 heavy (non-hydrogen) atoms. The Morgan fingerprint density at radius 2 is 1.80 bits per heavy atom. The Morgan fingerprint density at radius 3 is 2.43 bits per heavy atom. The van der Waals surface area contributed by atoms with Crippen LogP contribution in [0.3, 0.4) is 0 Å². The van der Waals surface area contributed by atoms with E-state index in [1.165, 1.54) is 34.8 Å². The van der Waals surface area contributed by atoms with E-state index in [-0.39, 0.29) is 21.3 Å². The third-order valence-electron chi connectivity index (χ3n) is 4.91. The lowest BCUT2D eigenvalue weighted by atomic mass is 10.2. The van der Waals surface area contributed by atoms with E-state index in [1.54, 1.807) is 0 Å². The average Bonchev–Trinajstić information content (AvgIpc) is 2.68. The number of primary sulfonamides is 1. The van der Waals surface area contributed by atoms with Gasteiger partial charge in [-0.1, -0.05) is 45.2 Å². The van der Waals surface area contributed by atoms with Crippen LogP contribution in [0.25, 0.3) is 10.8 Å². The molecule has 3 N–H and O–H groups in total. The van der Waals surface area contributed by atoms with Gasteiger partial charge in [0.25, 0.3) is 10.0 Å². The molecule has 0 fully saturated rings. The van der Waals surface area contributed by atoms with Crippen molar-refractivity contribution in [1.29, 1.82) is 0 Å². The van der Waals surface area contributed by atoms with Crippen molar-refractivity contribution in [3.63, 3.8) is 0 Å². The number of hydrogen-bond donors (Lipinski definition) is 2. The Kier molecular flexibility index (Phi) is 8.74. The molecule has 1 aromatic heterocycles. The van der Waals surface area contributed by atoms with Crippen LogP contribution in [-0.4, -0.2) is 51.8 Å². The summed E-state index contributed by atoms with van der Waals surface area (Å²) in [5, 5.41) is 8.70. The minimum atomic E-state index is -4.09. The highest BCUT2D eigenvalue weighted by molar-refractivity contribution is 7.89. The molecule has 0 aliphatic rings. The molecular formula is C20H32N4O4S2. The third kappa shape index (κ3) is 5.98. The molecule has 168 valence electrons. The van der Waals surface area contributed by atoms with Crippen molar-refractivity contribution in [2.24, 2.45) is 5.14 Å². The number of benzene rings is 1. The highest BCUT2D eigenvalue weighted by Gasteiger charge is 2.28. The first-order chi connectivity index (χ1) is 14.1. The quantitative estimate of drug-likeness (QED) is 0.473. The monoisotopic (exact) mass is 456 g/mol. The van der Waals surface area contributed by atoms with Crippen molar-refractivity contribution in [3.05, 3.63) is 30.5 Å². The predicted octanol–water partition coefficient (Wildman–Crippen LogP) is 2.45. The van der Waals surface area contributed by atoms with Gasteiger partial charge in [-0.25, -0.2) is 27.0 Å². The van der Waals surface area contributed by atoms with E-state index < -0.39 is 20.0 Å². The molecule has 0 saturated heterocycles. The summed E-state index contributed by atoms with van der Waals surface area (Å²) in [6.07, 6.45) is 5.10. The van der Waals surface area contributed by atoms with Gasteiger partial charge in [-0.2, -0.15) is 4.31 Å². The van der Waals surface area contributed by atoms with Gasteiger partial charge in [0, 0.05) is 36.1 Å². The van der Waals surface area contributed by atoms with Crippen LogP contribution in [0.5, 0.6) is 0 Å². The van der Waals surface area contributed by atoms with Crippen molar-refractivity contribution in [2.75, 3.05) is 19.6 Å². The molecule has 8 nitrogen and oxygen atoms in total. The van der Waals surface area contributed by atoms with Crippen LogP contribution in [0.15, 0.2) is 40.4 Å². The smallest absolute Gasteiger partial charge is 0.256 e. The van der Waals surface area contributed by atoms with E-state index in [0.717, 1.165) is 32.2 Å². The van der Waals surface area contributed by atoms with Crippen LogP contribution in [0, 0.1) is 0 Å². The minimum Gasteiger partial charge on any atom is -0.313 e. The lowest BCUT2D eigenvalue weighted by Crippen LogP contribution is -2.42. The highest BCUT2D eigenvalue weighted by atomic mass is 32.2. The van der Waals surface area contributed by atoms with E-state index >= 15 is 0 Å². The molecule has 0 radical (unpaired) electrons. The van der Waals surface area contributed by atoms with Crippen LogP contribution in [0.2, 0.25) is 0 Å². The average molecular weight is 457 g/mol. The molecule has 1 aromatic carbocycles. The molecule has 1 heterocycles. The number of nitrogens with two attached hydrogens (primary N) is 1. The number of fused-ring (bicyclic) bond motifs is 1. The zero-order chi connectivity index (χ0) is 22.4. The number of likely N-dealkylation sites (N-methyl/N-ethyl adjacent to an activating group) is 1. The maximum absolute atomic E-state index is 13.6. The molecule has 0 aliphatic heterocycles.